The number of halogens is 1. The van der Waals surface area contributed by atoms with Crippen molar-refractivity contribution in [2.75, 3.05) is 5.73 Å². The first-order valence-electron chi connectivity index (χ1n) is 5.10. The van der Waals surface area contributed by atoms with Crippen LogP contribution in [0.15, 0.2) is 30.3 Å². The van der Waals surface area contributed by atoms with E-state index in [-0.39, 0.29) is 0 Å². The molecule has 0 aliphatic heterocycles. The largest absolute Gasteiger partial charge is 0.398 e. The van der Waals surface area contributed by atoms with E-state index in [1.54, 1.807) is 30.3 Å². The Balaban J connectivity index is 2.70. The fourth-order valence-corrected chi connectivity index (χ4v) is 1.78. The minimum absolute atomic E-state index is 0.504. The molecule has 1 aromatic carbocycles. The summed E-state index contributed by atoms with van der Waals surface area (Å²) in [6.07, 6.45) is 0.766. The van der Waals surface area contributed by atoms with Gasteiger partial charge >= 0.3 is 0 Å². The van der Waals surface area contributed by atoms with Crippen LogP contribution in [0.4, 0.5) is 5.69 Å². The minimum atomic E-state index is 0.504. The molecule has 0 fully saturated rings. The van der Waals surface area contributed by atoms with Crippen LogP contribution in [0.1, 0.15) is 16.1 Å². The van der Waals surface area contributed by atoms with E-state index in [1.807, 2.05) is 6.92 Å². The third-order valence-electron chi connectivity index (χ3n) is 2.46. The average Bonchev–Trinajstić information content (AvgIpc) is 2.32. The van der Waals surface area contributed by atoms with Gasteiger partial charge in [0.25, 0.3) is 0 Å². The van der Waals surface area contributed by atoms with E-state index in [1.165, 1.54) is 0 Å². The van der Waals surface area contributed by atoms with Gasteiger partial charge in [-0.05, 0) is 37.3 Å². The first-order valence-corrected chi connectivity index (χ1v) is 5.48. The second kappa shape index (κ2) is 4.55. The van der Waals surface area contributed by atoms with Crippen LogP contribution in [0.5, 0.6) is 0 Å². The molecule has 86 valence electrons. The number of nitrogen functional groups attached to an aromatic ring is 1. The molecular weight excluding hydrogens is 236 g/mol. The first kappa shape index (κ1) is 11.6. The molecular formula is C13H11ClN2O. The molecule has 2 N–H and O–H groups in total. The third-order valence-corrected chi connectivity index (χ3v) is 2.70. The van der Waals surface area contributed by atoms with Gasteiger partial charge in [0.05, 0.1) is 5.69 Å². The number of pyridine rings is 1. The Labute approximate surface area is 104 Å². The smallest absolute Gasteiger partial charge is 0.152 e. The lowest BCUT2D eigenvalue weighted by atomic mass is 10.0. The summed E-state index contributed by atoms with van der Waals surface area (Å²) in [4.78, 5) is 15.3. The van der Waals surface area contributed by atoms with E-state index in [4.69, 9.17) is 17.3 Å². The predicted octanol–water partition coefficient (Wildman–Crippen LogP) is 3.11. The van der Waals surface area contributed by atoms with Crippen molar-refractivity contribution < 1.29 is 4.79 Å². The van der Waals surface area contributed by atoms with Crippen LogP contribution in [0.25, 0.3) is 11.3 Å². The van der Waals surface area contributed by atoms with E-state index >= 15 is 0 Å². The first-order chi connectivity index (χ1) is 8.11. The number of anilines is 1. The summed E-state index contributed by atoms with van der Waals surface area (Å²) in [7, 11) is 0. The van der Waals surface area contributed by atoms with Crippen molar-refractivity contribution in [3.05, 3.63) is 46.6 Å². The Hall–Kier alpha value is -1.87. The SMILES string of the molecule is Cc1ccc(C=O)c(-c2cc(Cl)ccc2N)n1. The molecule has 3 nitrogen and oxygen atoms in total. The van der Waals surface area contributed by atoms with Gasteiger partial charge in [0.15, 0.2) is 6.29 Å². The molecule has 0 spiro atoms. The Morgan fingerprint density at radius 3 is 2.76 bits per heavy atom. The van der Waals surface area contributed by atoms with Gasteiger partial charge in [0.1, 0.15) is 0 Å². The maximum atomic E-state index is 11.0. The average molecular weight is 247 g/mol. The highest BCUT2D eigenvalue weighted by Crippen LogP contribution is 2.29. The maximum absolute atomic E-state index is 11.0. The predicted molar refractivity (Wildman–Crippen MR) is 69.2 cm³/mol. The Morgan fingerprint density at radius 2 is 2.06 bits per heavy atom. The summed E-state index contributed by atoms with van der Waals surface area (Å²) in [5, 5.41) is 0.564. The molecule has 1 heterocycles. The highest BCUT2D eigenvalue weighted by molar-refractivity contribution is 6.31. The van der Waals surface area contributed by atoms with Gasteiger partial charge < -0.3 is 5.73 Å². The number of nitrogens with two attached hydrogens (primary N) is 1. The summed E-state index contributed by atoms with van der Waals surface area (Å²) in [6.45, 7) is 1.86. The van der Waals surface area contributed by atoms with Crippen LogP contribution in [0.3, 0.4) is 0 Å². The molecule has 2 rings (SSSR count). The highest BCUT2D eigenvalue weighted by atomic mass is 35.5. The number of hydrogen-bond acceptors (Lipinski definition) is 3. The van der Waals surface area contributed by atoms with Gasteiger partial charge in [-0.1, -0.05) is 11.6 Å². The molecule has 0 atom stereocenters. The minimum Gasteiger partial charge on any atom is -0.398 e. The fourth-order valence-electron chi connectivity index (χ4n) is 1.61. The lowest BCUT2D eigenvalue weighted by molar-refractivity contribution is 0.112. The standard InChI is InChI=1S/C13H11ClN2O/c1-8-2-3-9(7-17)13(16-8)11-6-10(14)4-5-12(11)15/h2-7H,15H2,1H3. The number of hydrogen-bond donors (Lipinski definition) is 1. The van der Waals surface area contributed by atoms with Gasteiger partial charge in [0, 0.05) is 27.5 Å². The topological polar surface area (TPSA) is 56.0 Å². The Kier molecular flexibility index (Phi) is 3.11. The third kappa shape index (κ3) is 2.29. The summed E-state index contributed by atoms with van der Waals surface area (Å²) < 4.78 is 0. The van der Waals surface area contributed by atoms with Gasteiger partial charge in [0.2, 0.25) is 0 Å². The highest BCUT2D eigenvalue weighted by Gasteiger charge is 2.10. The molecule has 2 aromatic rings. The molecule has 0 unspecified atom stereocenters. The number of carbonyl (C=O) groups is 1. The van der Waals surface area contributed by atoms with E-state index in [0.717, 1.165) is 12.0 Å². The zero-order valence-electron chi connectivity index (χ0n) is 9.27. The van der Waals surface area contributed by atoms with Crippen LogP contribution in [0, 0.1) is 6.92 Å². The molecule has 0 radical (unpaired) electrons. The molecule has 0 amide bonds. The number of aromatic nitrogens is 1. The Morgan fingerprint density at radius 1 is 1.29 bits per heavy atom. The lowest BCUT2D eigenvalue weighted by Gasteiger charge is -2.08. The number of aryl methyl sites for hydroxylation is 1. The van der Waals surface area contributed by atoms with E-state index in [9.17, 15) is 4.79 Å². The van der Waals surface area contributed by atoms with Crippen molar-refractivity contribution in [2.45, 2.75) is 6.92 Å². The quantitative estimate of drug-likeness (QED) is 0.654. The Bertz CT molecular complexity index is 582. The summed E-state index contributed by atoms with van der Waals surface area (Å²) >= 11 is 5.93. The van der Waals surface area contributed by atoms with Crippen molar-refractivity contribution in [1.82, 2.24) is 4.98 Å². The number of aldehydes is 1. The van der Waals surface area contributed by atoms with Gasteiger partial charge in [-0.3, -0.25) is 9.78 Å². The van der Waals surface area contributed by atoms with Gasteiger partial charge in [-0.15, -0.1) is 0 Å². The zero-order chi connectivity index (χ0) is 12.4. The normalized spacial score (nSPS) is 10.2. The number of nitrogens with zero attached hydrogens (tertiary/aromatic N) is 1. The van der Waals surface area contributed by atoms with Gasteiger partial charge in [-0.25, -0.2) is 0 Å². The molecule has 1 aromatic heterocycles. The van der Waals surface area contributed by atoms with Crippen molar-refractivity contribution in [3.8, 4) is 11.3 Å². The van der Waals surface area contributed by atoms with Crippen molar-refractivity contribution in [2.24, 2.45) is 0 Å². The molecule has 0 aliphatic carbocycles. The molecule has 0 saturated carbocycles. The van der Waals surface area contributed by atoms with Crippen LogP contribution in [-0.2, 0) is 0 Å². The summed E-state index contributed by atoms with van der Waals surface area (Å²) in [5.41, 5.74) is 9.01. The van der Waals surface area contributed by atoms with Gasteiger partial charge in [-0.2, -0.15) is 0 Å². The number of benzene rings is 1. The van der Waals surface area contributed by atoms with E-state index in [2.05, 4.69) is 4.98 Å². The van der Waals surface area contributed by atoms with Crippen molar-refractivity contribution in [1.29, 1.82) is 0 Å². The second-order valence-corrected chi connectivity index (χ2v) is 4.18. The van der Waals surface area contributed by atoms with Crippen LogP contribution < -0.4 is 5.73 Å². The molecule has 0 bridgehead atoms. The number of rotatable bonds is 2. The fraction of sp³-hybridized carbons (Fsp3) is 0.0769. The molecule has 0 saturated heterocycles. The molecule has 17 heavy (non-hydrogen) atoms. The zero-order valence-corrected chi connectivity index (χ0v) is 10.0. The van der Waals surface area contributed by atoms with Crippen molar-refractivity contribution >= 4 is 23.6 Å². The lowest BCUT2D eigenvalue weighted by Crippen LogP contribution is -1.97. The van der Waals surface area contributed by atoms with E-state index in [0.29, 0.717) is 27.5 Å². The van der Waals surface area contributed by atoms with Crippen LogP contribution in [-0.4, -0.2) is 11.3 Å². The summed E-state index contributed by atoms with van der Waals surface area (Å²) in [6, 6.07) is 8.64. The van der Waals surface area contributed by atoms with Crippen LogP contribution >= 0.6 is 11.6 Å². The van der Waals surface area contributed by atoms with Crippen LogP contribution in [0.2, 0.25) is 5.02 Å². The number of carbonyl (C=O) groups excluding carboxylic acids is 1. The van der Waals surface area contributed by atoms with E-state index < -0.39 is 0 Å². The maximum Gasteiger partial charge on any atom is 0.152 e. The molecule has 4 heteroatoms. The van der Waals surface area contributed by atoms with Crippen molar-refractivity contribution in [3.63, 3.8) is 0 Å². The second-order valence-electron chi connectivity index (χ2n) is 3.74. The summed E-state index contributed by atoms with van der Waals surface area (Å²) in [5.74, 6) is 0. The molecule has 0 aliphatic rings. The monoisotopic (exact) mass is 246 g/mol.